The fraction of sp³-hybridized carbons (Fsp3) is 0.727. The SMILES string of the molecule is C=C(CC[C@@H](C(=O)O)[C@H]1[C@H](OC(C)=O)C[C@@]2(C)C3=CC[C@H]4C(C)(C)C(=O)CC[C@]4(C)C3=CC[C@]12C)C(C)C. The number of ether oxygens (including phenoxy) is 1. The summed E-state index contributed by atoms with van der Waals surface area (Å²) in [5.74, 6) is -1.21. The van der Waals surface area contributed by atoms with Crippen LogP contribution in [0.5, 0.6) is 0 Å². The van der Waals surface area contributed by atoms with E-state index in [1.807, 2.05) is 0 Å². The van der Waals surface area contributed by atoms with E-state index in [1.54, 1.807) is 0 Å². The minimum Gasteiger partial charge on any atom is -0.481 e. The van der Waals surface area contributed by atoms with Crippen LogP contribution in [0.4, 0.5) is 0 Å². The van der Waals surface area contributed by atoms with E-state index in [1.165, 1.54) is 18.1 Å². The summed E-state index contributed by atoms with van der Waals surface area (Å²) >= 11 is 0. The lowest BCUT2D eigenvalue weighted by atomic mass is 9.44. The van der Waals surface area contributed by atoms with Gasteiger partial charge in [-0.25, -0.2) is 0 Å². The molecule has 0 saturated heterocycles. The molecule has 0 aromatic carbocycles. The van der Waals surface area contributed by atoms with Gasteiger partial charge in [-0.3, -0.25) is 14.4 Å². The summed E-state index contributed by atoms with van der Waals surface area (Å²) in [5, 5.41) is 10.5. The minimum atomic E-state index is -0.818. The Morgan fingerprint density at radius 1 is 1.13 bits per heavy atom. The highest BCUT2D eigenvalue weighted by Crippen LogP contribution is 2.72. The van der Waals surface area contributed by atoms with Crippen molar-refractivity contribution in [3.05, 3.63) is 35.5 Å². The molecule has 0 unspecified atom stereocenters. The molecule has 2 saturated carbocycles. The number of Topliss-reactive ketones (excluding diaryl/α,β-unsaturated/α-hetero) is 1. The van der Waals surface area contributed by atoms with Gasteiger partial charge in [0, 0.05) is 30.1 Å². The van der Waals surface area contributed by atoms with Crippen LogP contribution in [0.15, 0.2) is 35.5 Å². The molecule has 210 valence electrons. The lowest BCUT2D eigenvalue weighted by molar-refractivity contribution is -0.158. The van der Waals surface area contributed by atoms with Gasteiger partial charge in [0.2, 0.25) is 0 Å². The van der Waals surface area contributed by atoms with Crippen LogP contribution in [0.2, 0.25) is 0 Å². The predicted octanol–water partition coefficient (Wildman–Crippen LogP) is 7.32. The summed E-state index contributed by atoms with van der Waals surface area (Å²) in [6.07, 6.45) is 9.04. The van der Waals surface area contributed by atoms with Gasteiger partial charge in [0.1, 0.15) is 11.9 Å². The molecule has 5 heteroatoms. The molecule has 4 rings (SSSR count). The second kappa shape index (κ2) is 9.48. The quantitative estimate of drug-likeness (QED) is 0.279. The highest BCUT2D eigenvalue weighted by molar-refractivity contribution is 5.86. The molecular formula is C33H48O5. The molecular weight excluding hydrogens is 476 g/mol. The van der Waals surface area contributed by atoms with Crippen molar-refractivity contribution >= 4 is 17.7 Å². The average molecular weight is 525 g/mol. The van der Waals surface area contributed by atoms with E-state index in [4.69, 9.17) is 4.74 Å². The molecule has 38 heavy (non-hydrogen) atoms. The second-order valence-corrected chi connectivity index (χ2v) is 14.2. The molecule has 4 aliphatic rings. The first kappa shape index (κ1) is 28.8. The Bertz CT molecular complexity index is 1110. The van der Waals surface area contributed by atoms with Gasteiger partial charge >= 0.3 is 11.9 Å². The largest absolute Gasteiger partial charge is 0.481 e. The average Bonchev–Trinajstić information content (AvgIpc) is 3.03. The van der Waals surface area contributed by atoms with Crippen LogP contribution in [0.1, 0.15) is 100 Å². The van der Waals surface area contributed by atoms with E-state index in [-0.39, 0.29) is 39.5 Å². The Kier molecular flexibility index (Phi) is 7.20. The molecule has 0 radical (unpaired) electrons. The van der Waals surface area contributed by atoms with E-state index >= 15 is 0 Å². The van der Waals surface area contributed by atoms with Crippen LogP contribution in [0, 0.1) is 45.3 Å². The number of fused-ring (bicyclic) bond motifs is 5. The zero-order chi connectivity index (χ0) is 28.4. The van der Waals surface area contributed by atoms with E-state index in [0.717, 1.165) is 24.8 Å². The molecule has 0 spiro atoms. The first-order valence-electron chi connectivity index (χ1n) is 14.5. The summed E-state index contributed by atoms with van der Waals surface area (Å²) in [6.45, 7) is 20.8. The van der Waals surface area contributed by atoms with E-state index < -0.39 is 18.0 Å². The summed E-state index contributed by atoms with van der Waals surface area (Å²) in [7, 11) is 0. The van der Waals surface area contributed by atoms with Crippen molar-refractivity contribution in [3.63, 3.8) is 0 Å². The Morgan fingerprint density at radius 2 is 1.79 bits per heavy atom. The van der Waals surface area contributed by atoms with Crippen molar-refractivity contribution in [2.75, 3.05) is 0 Å². The number of allylic oxidation sites excluding steroid dienone is 5. The van der Waals surface area contributed by atoms with Crippen LogP contribution < -0.4 is 0 Å². The topological polar surface area (TPSA) is 80.7 Å². The number of carboxylic acid groups (broad SMARTS) is 1. The molecule has 1 N–H and O–H groups in total. The number of hydrogen-bond acceptors (Lipinski definition) is 4. The number of esters is 1. The van der Waals surface area contributed by atoms with Crippen molar-refractivity contribution in [1.82, 2.24) is 0 Å². The smallest absolute Gasteiger partial charge is 0.306 e. The zero-order valence-electron chi connectivity index (χ0n) is 24.8. The number of carbonyl (C=O) groups is 3. The monoisotopic (exact) mass is 524 g/mol. The standard InChI is InChI=1S/C33H48O5/c1-19(2)20(3)10-11-22(29(36)37)28-25(38-21(4)34)18-33(9)24-12-13-26-30(5,6)27(35)15-16-31(26,7)23(24)14-17-32(28,33)8/h12,14,19,22,25-26,28H,3,10-11,13,15-18H2,1-2,4-9H3,(H,36,37)/t22-,25-,26+,28+,31-,32-,33+/m1/s1. The van der Waals surface area contributed by atoms with Gasteiger partial charge in [0.25, 0.3) is 0 Å². The molecule has 2 fully saturated rings. The van der Waals surface area contributed by atoms with Crippen LogP contribution in [-0.2, 0) is 19.1 Å². The summed E-state index contributed by atoms with van der Waals surface area (Å²) in [5.41, 5.74) is 2.52. The number of ketones is 1. The molecule has 0 amide bonds. The minimum absolute atomic E-state index is 0.0952. The maximum atomic E-state index is 12.9. The fourth-order valence-electron chi connectivity index (χ4n) is 9.01. The zero-order valence-corrected chi connectivity index (χ0v) is 24.8. The molecule has 0 aromatic heterocycles. The van der Waals surface area contributed by atoms with Gasteiger partial charge in [-0.05, 0) is 72.3 Å². The molecule has 0 aliphatic heterocycles. The number of carboxylic acids is 1. The molecule has 7 atom stereocenters. The Hall–Kier alpha value is -2.17. The Balaban J connectivity index is 1.79. The Labute approximate surface area is 229 Å². The summed E-state index contributed by atoms with van der Waals surface area (Å²) in [4.78, 5) is 38.0. The lowest BCUT2D eigenvalue weighted by Crippen LogP contribution is -2.53. The third kappa shape index (κ3) is 4.14. The van der Waals surface area contributed by atoms with Gasteiger partial charge in [-0.1, -0.05) is 72.8 Å². The Morgan fingerprint density at radius 3 is 2.37 bits per heavy atom. The van der Waals surface area contributed by atoms with Crippen LogP contribution >= 0.6 is 0 Å². The first-order valence-corrected chi connectivity index (χ1v) is 14.5. The van der Waals surface area contributed by atoms with Crippen molar-refractivity contribution in [3.8, 4) is 0 Å². The maximum absolute atomic E-state index is 12.9. The second-order valence-electron chi connectivity index (χ2n) is 14.2. The van der Waals surface area contributed by atoms with Crippen molar-refractivity contribution in [2.45, 2.75) is 106 Å². The third-order valence-electron chi connectivity index (χ3n) is 11.7. The molecule has 0 aromatic rings. The van der Waals surface area contributed by atoms with Crippen LogP contribution in [0.25, 0.3) is 0 Å². The number of hydrogen-bond donors (Lipinski definition) is 1. The predicted molar refractivity (Wildman–Crippen MR) is 149 cm³/mol. The van der Waals surface area contributed by atoms with E-state index in [2.05, 4.69) is 67.2 Å². The van der Waals surface area contributed by atoms with Gasteiger partial charge in [0.15, 0.2) is 0 Å². The van der Waals surface area contributed by atoms with Gasteiger partial charge < -0.3 is 9.84 Å². The summed E-state index contributed by atoms with van der Waals surface area (Å²) in [6, 6.07) is 0. The highest BCUT2D eigenvalue weighted by Gasteiger charge is 2.67. The first-order chi connectivity index (χ1) is 17.5. The number of rotatable bonds is 7. The lowest BCUT2D eigenvalue weighted by Gasteiger charge is -2.59. The third-order valence-corrected chi connectivity index (χ3v) is 11.7. The molecule has 0 bridgehead atoms. The molecule has 4 aliphatic carbocycles. The van der Waals surface area contributed by atoms with Gasteiger partial charge in [0.05, 0.1) is 5.92 Å². The van der Waals surface area contributed by atoms with Crippen molar-refractivity contribution in [1.29, 1.82) is 0 Å². The van der Waals surface area contributed by atoms with Crippen molar-refractivity contribution in [2.24, 2.45) is 45.3 Å². The number of aliphatic carboxylic acids is 1. The molecule has 5 nitrogen and oxygen atoms in total. The van der Waals surface area contributed by atoms with E-state index in [9.17, 15) is 19.5 Å². The highest BCUT2D eigenvalue weighted by atomic mass is 16.5. The van der Waals surface area contributed by atoms with Crippen LogP contribution in [0.3, 0.4) is 0 Å². The van der Waals surface area contributed by atoms with E-state index in [0.29, 0.717) is 37.4 Å². The number of carbonyl (C=O) groups excluding carboxylic acids is 2. The maximum Gasteiger partial charge on any atom is 0.306 e. The molecule has 0 heterocycles. The van der Waals surface area contributed by atoms with Gasteiger partial charge in [-0.15, -0.1) is 0 Å². The fourth-order valence-corrected chi connectivity index (χ4v) is 9.01. The van der Waals surface area contributed by atoms with Gasteiger partial charge in [-0.2, -0.15) is 0 Å². The van der Waals surface area contributed by atoms with Crippen molar-refractivity contribution < 1.29 is 24.2 Å². The normalized spacial score (nSPS) is 38.3. The van der Waals surface area contributed by atoms with Crippen LogP contribution in [-0.4, -0.2) is 28.9 Å². The summed E-state index contributed by atoms with van der Waals surface area (Å²) < 4.78 is 5.97.